The molecule has 0 spiro atoms. The molecule has 66 valence electrons. The van der Waals surface area contributed by atoms with Crippen LogP contribution >= 0.6 is 11.8 Å². The first-order valence-corrected chi connectivity index (χ1v) is 5.11. The smallest absolute Gasteiger partial charge is 0.0514 e. The van der Waals surface area contributed by atoms with Crippen LogP contribution in [0.15, 0.2) is 24.5 Å². The van der Waals surface area contributed by atoms with Crippen LogP contribution in [0.4, 0.5) is 0 Å². The summed E-state index contributed by atoms with van der Waals surface area (Å²) in [5.74, 6) is 0. The van der Waals surface area contributed by atoms with Crippen LogP contribution in [0.2, 0.25) is 0 Å². The van der Waals surface area contributed by atoms with E-state index < -0.39 is 0 Å². The summed E-state index contributed by atoms with van der Waals surface area (Å²) in [5, 5.41) is 0. The fourth-order valence-corrected chi connectivity index (χ4v) is 1.52. The highest BCUT2D eigenvalue weighted by Crippen LogP contribution is 2.32. The molecule has 0 fully saturated rings. The number of aromatic nitrogens is 1. The highest BCUT2D eigenvalue weighted by Gasteiger charge is 2.23. The van der Waals surface area contributed by atoms with Crippen molar-refractivity contribution in [3.63, 3.8) is 0 Å². The van der Waals surface area contributed by atoms with Crippen LogP contribution in [-0.2, 0) is 4.75 Å². The minimum Gasteiger partial charge on any atom is -0.329 e. The minimum absolute atomic E-state index is 0.00819. The Balaban J connectivity index is 2.95. The molecule has 0 aliphatic heterocycles. The predicted octanol–water partition coefficient (Wildman–Crippen LogP) is 1.62. The largest absolute Gasteiger partial charge is 0.329 e. The van der Waals surface area contributed by atoms with Gasteiger partial charge in [-0.1, -0.05) is 6.07 Å². The predicted molar refractivity (Wildman–Crippen MR) is 54.2 cm³/mol. The molecule has 2 nitrogen and oxygen atoms in total. The van der Waals surface area contributed by atoms with E-state index in [0.29, 0.717) is 6.54 Å². The lowest BCUT2D eigenvalue weighted by Crippen LogP contribution is -2.27. The molecule has 0 bridgehead atoms. The van der Waals surface area contributed by atoms with Gasteiger partial charge in [0.05, 0.1) is 4.75 Å². The molecule has 0 aromatic carbocycles. The summed E-state index contributed by atoms with van der Waals surface area (Å²) in [6.07, 6.45) is 5.73. The number of hydrogen-bond donors (Lipinski definition) is 1. The zero-order valence-corrected chi connectivity index (χ0v) is 8.27. The van der Waals surface area contributed by atoms with E-state index in [1.807, 2.05) is 12.3 Å². The van der Waals surface area contributed by atoms with Gasteiger partial charge in [-0.2, -0.15) is 11.8 Å². The first-order valence-electron chi connectivity index (χ1n) is 3.88. The molecule has 0 saturated carbocycles. The minimum atomic E-state index is 0.00819. The summed E-state index contributed by atoms with van der Waals surface area (Å²) in [4.78, 5) is 4.08. The fourth-order valence-electron chi connectivity index (χ4n) is 0.995. The van der Waals surface area contributed by atoms with Gasteiger partial charge in [0, 0.05) is 18.9 Å². The second kappa shape index (κ2) is 3.92. The van der Waals surface area contributed by atoms with Crippen LogP contribution in [0.3, 0.4) is 0 Å². The quantitative estimate of drug-likeness (QED) is 0.772. The fraction of sp³-hybridized carbons (Fsp3) is 0.444. The molecule has 1 aromatic rings. The summed E-state index contributed by atoms with van der Waals surface area (Å²) in [6, 6.07) is 4.01. The molecular formula is C9H14N2S. The maximum Gasteiger partial charge on any atom is 0.0514 e. The Labute approximate surface area is 77.6 Å². The number of thioether (sulfide) groups is 1. The van der Waals surface area contributed by atoms with Crippen LogP contribution in [-0.4, -0.2) is 17.8 Å². The van der Waals surface area contributed by atoms with Gasteiger partial charge in [-0.05, 0) is 24.8 Å². The van der Waals surface area contributed by atoms with Crippen molar-refractivity contribution in [1.82, 2.24) is 4.98 Å². The molecule has 1 unspecified atom stereocenters. The molecular weight excluding hydrogens is 168 g/mol. The van der Waals surface area contributed by atoms with Gasteiger partial charge < -0.3 is 5.73 Å². The maximum absolute atomic E-state index is 5.70. The van der Waals surface area contributed by atoms with Crippen LogP contribution in [0.5, 0.6) is 0 Å². The molecule has 1 atom stereocenters. The Bertz CT molecular complexity index is 232. The zero-order valence-electron chi connectivity index (χ0n) is 7.45. The van der Waals surface area contributed by atoms with Crippen molar-refractivity contribution in [2.24, 2.45) is 5.73 Å². The van der Waals surface area contributed by atoms with Gasteiger partial charge in [0.1, 0.15) is 0 Å². The van der Waals surface area contributed by atoms with Gasteiger partial charge in [0.15, 0.2) is 0 Å². The molecule has 0 aliphatic carbocycles. The van der Waals surface area contributed by atoms with Gasteiger partial charge in [0.25, 0.3) is 0 Å². The third kappa shape index (κ3) is 1.79. The SMILES string of the molecule is CSC(C)(CN)c1cccnc1. The van der Waals surface area contributed by atoms with Crippen molar-refractivity contribution in [3.8, 4) is 0 Å². The van der Waals surface area contributed by atoms with Gasteiger partial charge >= 0.3 is 0 Å². The molecule has 0 aliphatic rings. The highest BCUT2D eigenvalue weighted by molar-refractivity contribution is 7.99. The number of pyridine rings is 1. The van der Waals surface area contributed by atoms with Crippen LogP contribution in [0, 0.1) is 0 Å². The molecule has 0 amide bonds. The van der Waals surface area contributed by atoms with Crippen LogP contribution in [0.25, 0.3) is 0 Å². The molecule has 2 N–H and O–H groups in total. The number of rotatable bonds is 3. The van der Waals surface area contributed by atoms with Gasteiger partial charge in [-0.3, -0.25) is 4.98 Å². The van der Waals surface area contributed by atoms with E-state index >= 15 is 0 Å². The van der Waals surface area contributed by atoms with E-state index in [2.05, 4.69) is 24.2 Å². The Morgan fingerprint density at radius 1 is 1.67 bits per heavy atom. The van der Waals surface area contributed by atoms with Gasteiger partial charge in [-0.15, -0.1) is 0 Å². The topological polar surface area (TPSA) is 38.9 Å². The van der Waals surface area contributed by atoms with Crippen molar-refractivity contribution in [3.05, 3.63) is 30.1 Å². The third-order valence-corrected chi connectivity index (χ3v) is 3.42. The van der Waals surface area contributed by atoms with E-state index in [1.165, 1.54) is 5.56 Å². The Morgan fingerprint density at radius 2 is 2.42 bits per heavy atom. The molecule has 12 heavy (non-hydrogen) atoms. The highest BCUT2D eigenvalue weighted by atomic mass is 32.2. The summed E-state index contributed by atoms with van der Waals surface area (Å²) >= 11 is 1.76. The average molecular weight is 182 g/mol. The maximum atomic E-state index is 5.70. The number of hydrogen-bond acceptors (Lipinski definition) is 3. The summed E-state index contributed by atoms with van der Waals surface area (Å²) in [6.45, 7) is 2.77. The molecule has 1 rings (SSSR count). The molecule has 1 aromatic heterocycles. The second-order valence-corrected chi connectivity index (χ2v) is 4.19. The van der Waals surface area contributed by atoms with E-state index in [-0.39, 0.29) is 4.75 Å². The first-order chi connectivity index (χ1) is 5.73. The third-order valence-electron chi connectivity index (χ3n) is 2.11. The van der Waals surface area contributed by atoms with Gasteiger partial charge in [0.2, 0.25) is 0 Å². The van der Waals surface area contributed by atoms with E-state index in [0.717, 1.165) is 0 Å². The zero-order chi connectivity index (χ0) is 9.03. The monoisotopic (exact) mass is 182 g/mol. The average Bonchev–Trinajstić information content (AvgIpc) is 2.18. The molecule has 3 heteroatoms. The molecule has 0 saturated heterocycles. The number of nitrogens with zero attached hydrogens (tertiary/aromatic N) is 1. The van der Waals surface area contributed by atoms with Crippen LogP contribution < -0.4 is 5.73 Å². The standard InChI is InChI=1S/C9H14N2S/c1-9(7-10,12-2)8-4-3-5-11-6-8/h3-6H,7,10H2,1-2H3. The molecule has 1 heterocycles. The van der Waals surface area contributed by atoms with E-state index in [9.17, 15) is 0 Å². The Hall–Kier alpha value is -0.540. The van der Waals surface area contributed by atoms with Crippen molar-refractivity contribution >= 4 is 11.8 Å². The van der Waals surface area contributed by atoms with E-state index in [4.69, 9.17) is 5.73 Å². The normalized spacial score (nSPS) is 15.6. The Kier molecular flexibility index (Phi) is 3.12. The van der Waals surface area contributed by atoms with Crippen molar-refractivity contribution in [2.75, 3.05) is 12.8 Å². The lowest BCUT2D eigenvalue weighted by molar-refractivity contribution is 0.702. The second-order valence-electron chi connectivity index (χ2n) is 2.88. The van der Waals surface area contributed by atoms with Crippen molar-refractivity contribution < 1.29 is 0 Å². The lowest BCUT2D eigenvalue weighted by Gasteiger charge is -2.25. The van der Waals surface area contributed by atoms with Crippen molar-refractivity contribution in [1.29, 1.82) is 0 Å². The van der Waals surface area contributed by atoms with E-state index in [1.54, 1.807) is 18.0 Å². The number of nitrogens with two attached hydrogens (primary N) is 1. The van der Waals surface area contributed by atoms with Gasteiger partial charge in [-0.25, -0.2) is 0 Å². The molecule has 0 radical (unpaired) electrons. The lowest BCUT2D eigenvalue weighted by atomic mass is 10.0. The van der Waals surface area contributed by atoms with Crippen molar-refractivity contribution in [2.45, 2.75) is 11.7 Å². The summed E-state index contributed by atoms with van der Waals surface area (Å²) in [5.41, 5.74) is 6.90. The Morgan fingerprint density at radius 3 is 2.83 bits per heavy atom. The summed E-state index contributed by atoms with van der Waals surface area (Å²) in [7, 11) is 0. The van der Waals surface area contributed by atoms with Crippen LogP contribution in [0.1, 0.15) is 12.5 Å². The first kappa shape index (κ1) is 9.55. The summed E-state index contributed by atoms with van der Waals surface area (Å²) < 4.78 is 0.00819.